The fourth-order valence-electron chi connectivity index (χ4n) is 1.59. The minimum absolute atomic E-state index is 0.100. The van der Waals surface area contributed by atoms with E-state index in [-0.39, 0.29) is 28.7 Å². The number of rotatable bonds is 2. The molecule has 1 saturated heterocycles. The number of aliphatic hydroxyl groups excluding tert-OH is 1. The van der Waals surface area contributed by atoms with Crippen LogP contribution in [0.1, 0.15) is 20.8 Å². The Kier molecular flexibility index (Phi) is 3.95. The molecule has 1 rings (SSSR count). The monoisotopic (exact) mass is 263 g/mol. The normalized spacial score (nSPS) is 29.7. The molecule has 3 nitrogen and oxygen atoms in total. The van der Waals surface area contributed by atoms with Crippen molar-refractivity contribution in [3.05, 3.63) is 0 Å². The van der Waals surface area contributed by atoms with Gasteiger partial charge < -0.3 is 10.0 Å². The van der Waals surface area contributed by atoms with Gasteiger partial charge in [0, 0.05) is 19.0 Å². The number of aliphatic hydroxyl groups is 1. The lowest BCUT2D eigenvalue weighted by Crippen LogP contribution is -2.37. The summed E-state index contributed by atoms with van der Waals surface area (Å²) in [6.07, 6.45) is -0.356. The van der Waals surface area contributed by atoms with E-state index < -0.39 is 0 Å². The van der Waals surface area contributed by atoms with Crippen molar-refractivity contribution >= 4 is 21.8 Å². The Bertz CT molecular complexity index is 210. The highest BCUT2D eigenvalue weighted by atomic mass is 79.9. The number of carbonyl (C=O) groups is 1. The quantitative estimate of drug-likeness (QED) is 0.762. The van der Waals surface area contributed by atoms with Crippen molar-refractivity contribution in [2.45, 2.75) is 31.7 Å². The number of carbonyl (C=O) groups excluding carboxylic acids is 1. The molecular weight excluding hydrogens is 246 g/mol. The first-order valence-electron chi connectivity index (χ1n) is 5.04. The first-order chi connectivity index (χ1) is 6.43. The third kappa shape index (κ3) is 2.48. The van der Waals surface area contributed by atoms with E-state index in [2.05, 4.69) is 15.9 Å². The van der Waals surface area contributed by atoms with E-state index in [4.69, 9.17) is 0 Å². The minimum atomic E-state index is -0.356. The lowest BCUT2D eigenvalue weighted by atomic mass is 10.1. The predicted octanol–water partition coefficient (Wildman–Crippen LogP) is 1.25. The van der Waals surface area contributed by atoms with Crippen LogP contribution in [0.25, 0.3) is 0 Å². The van der Waals surface area contributed by atoms with Crippen molar-refractivity contribution in [2.75, 3.05) is 13.1 Å². The molecule has 0 radical (unpaired) electrons. The average molecular weight is 264 g/mol. The Morgan fingerprint density at radius 1 is 1.50 bits per heavy atom. The van der Waals surface area contributed by atoms with Gasteiger partial charge in [-0.2, -0.15) is 0 Å². The maximum atomic E-state index is 11.8. The molecule has 0 aromatic rings. The second-order valence-corrected chi connectivity index (χ2v) is 5.42. The summed E-state index contributed by atoms with van der Waals surface area (Å²) in [5.41, 5.74) is 0. The zero-order valence-corrected chi connectivity index (χ0v) is 10.5. The molecule has 0 aromatic heterocycles. The topological polar surface area (TPSA) is 40.5 Å². The van der Waals surface area contributed by atoms with Gasteiger partial charge in [0.05, 0.1) is 10.9 Å². The fraction of sp³-hybridized carbons (Fsp3) is 0.900. The highest BCUT2D eigenvalue weighted by molar-refractivity contribution is 9.10. The summed E-state index contributed by atoms with van der Waals surface area (Å²) in [6.45, 7) is 7.14. The zero-order chi connectivity index (χ0) is 10.9. The van der Waals surface area contributed by atoms with Crippen molar-refractivity contribution in [1.29, 1.82) is 0 Å². The van der Waals surface area contributed by atoms with Gasteiger partial charge in [-0.1, -0.05) is 36.7 Å². The molecule has 82 valence electrons. The van der Waals surface area contributed by atoms with Gasteiger partial charge in [0.1, 0.15) is 0 Å². The number of amides is 1. The Morgan fingerprint density at radius 3 is 2.43 bits per heavy atom. The van der Waals surface area contributed by atoms with Crippen molar-refractivity contribution in [3.63, 3.8) is 0 Å². The van der Waals surface area contributed by atoms with Gasteiger partial charge in [0.15, 0.2) is 0 Å². The third-order valence-corrected chi connectivity index (χ3v) is 4.15. The van der Waals surface area contributed by atoms with Crippen LogP contribution in [0.2, 0.25) is 0 Å². The zero-order valence-electron chi connectivity index (χ0n) is 8.90. The maximum Gasteiger partial charge on any atom is 0.236 e. The van der Waals surface area contributed by atoms with Crippen molar-refractivity contribution < 1.29 is 9.90 Å². The van der Waals surface area contributed by atoms with Crippen LogP contribution in [0.15, 0.2) is 0 Å². The predicted molar refractivity (Wildman–Crippen MR) is 59.3 cm³/mol. The van der Waals surface area contributed by atoms with Crippen LogP contribution in [0.5, 0.6) is 0 Å². The number of halogens is 1. The van der Waals surface area contributed by atoms with E-state index in [0.717, 1.165) is 0 Å². The van der Waals surface area contributed by atoms with E-state index >= 15 is 0 Å². The second-order valence-electron chi connectivity index (χ2n) is 4.43. The smallest absolute Gasteiger partial charge is 0.236 e. The molecule has 1 aliphatic rings. The number of likely N-dealkylation sites (tertiary alicyclic amines) is 1. The van der Waals surface area contributed by atoms with Gasteiger partial charge in [-0.15, -0.1) is 0 Å². The SMILES string of the molecule is CC(C)C(Br)C(=O)N1CC(C)C(O)C1. The standard InChI is InChI=1S/C10H18BrNO2/c1-6(2)9(11)10(14)12-4-7(3)8(13)5-12/h6-9,13H,4-5H2,1-3H3. The molecule has 4 heteroatoms. The van der Waals surface area contributed by atoms with E-state index in [0.29, 0.717) is 13.1 Å². The highest BCUT2D eigenvalue weighted by Gasteiger charge is 2.34. The van der Waals surface area contributed by atoms with Gasteiger partial charge in [-0.25, -0.2) is 0 Å². The van der Waals surface area contributed by atoms with Crippen molar-refractivity contribution in [1.82, 2.24) is 4.90 Å². The Morgan fingerprint density at radius 2 is 2.07 bits per heavy atom. The van der Waals surface area contributed by atoms with Crippen LogP contribution in [0, 0.1) is 11.8 Å². The summed E-state index contributed by atoms with van der Waals surface area (Å²) < 4.78 is 0. The lowest BCUT2D eigenvalue weighted by Gasteiger charge is -2.21. The molecule has 1 N–H and O–H groups in total. The molecule has 14 heavy (non-hydrogen) atoms. The summed E-state index contributed by atoms with van der Waals surface area (Å²) in [4.78, 5) is 13.5. The van der Waals surface area contributed by atoms with Crippen molar-refractivity contribution in [2.24, 2.45) is 11.8 Å². The highest BCUT2D eigenvalue weighted by Crippen LogP contribution is 2.21. The molecule has 3 unspecified atom stereocenters. The summed E-state index contributed by atoms with van der Waals surface area (Å²) in [7, 11) is 0. The largest absolute Gasteiger partial charge is 0.391 e. The van der Waals surface area contributed by atoms with Gasteiger partial charge in [-0.3, -0.25) is 4.79 Å². The van der Waals surface area contributed by atoms with Crippen LogP contribution in [-0.4, -0.2) is 39.9 Å². The lowest BCUT2D eigenvalue weighted by molar-refractivity contribution is -0.130. The van der Waals surface area contributed by atoms with Gasteiger partial charge in [0.25, 0.3) is 0 Å². The average Bonchev–Trinajstić information content (AvgIpc) is 2.44. The number of β-amino-alcohol motifs (C(OH)–C–C–N with tert-alkyl or cyclic N) is 1. The third-order valence-electron chi connectivity index (χ3n) is 2.71. The Balaban J connectivity index is 2.55. The molecule has 0 spiro atoms. The molecule has 1 fully saturated rings. The first kappa shape index (κ1) is 12.0. The van der Waals surface area contributed by atoms with Crippen molar-refractivity contribution in [3.8, 4) is 0 Å². The summed E-state index contributed by atoms with van der Waals surface area (Å²) >= 11 is 3.38. The van der Waals surface area contributed by atoms with Crippen LogP contribution < -0.4 is 0 Å². The van der Waals surface area contributed by atoms with E-state index in [9.17, 15) is 9.90 Å². The summed E-state index contributed by atoms with van der Waals surface area (Å²) in [5, 5.41) is 9.53. The molecule has 0 aromatic carbocycles. The maximum absolute atomic E-state index is 11.8. The molecule has 0 saturated carbocycles. The number of alkyl halides is 1. The van der Waals surface area contributed by atoms with E-state index in [1.165, 1.54) is 0 Å². The Labute approximate surface area is 93.6 Å². The number of nitrogens with zero attached hydrogens (tertiary/aromatic N) is 1. The first-order valence-corrected chi connectivity index (χ1v) is 5.96. The molecule has 1 amide bonds. The van der Waals surface area contributed by atoms with Gasteiger partial charge >= 0.3 is 0 Å². The van der Waals surface area contributed by atoms with Crippen LogP contribution in [0.3, 0.4) is 0 Å². The fourth-order valence-corrected chi connectivity index (χ4v) is 1.88. The van der Waals surface area contributed by atoms with Crippen LogP contribution in [0.4, 0.5) is 0 Å². The molecule has 0 aliphatic carbocycles. The minimum Gasteiger partial charge on any atom is -0.391 e. The molecule has 1 heterocycles. The second kappa shape index (κ2) is 4.62. The van der Waals surface area contributed by atoms with E-state index in [1.807, 2.05) is 20.8 Å². The number of hydrogen-bond donors (Lipinski definition) is 1. The van der Waals surface area contributed by atoms with E-state index in [1.54, 1.807) is 4.90 Å². The molecule has 3 atom stereocenters. The number of hydrogen-bond acceptors (Lipinski definition) is 2. The molecule has 1 aliphatic heterocycles. The Hall–Kier alpha value is -0.0900. The summed E-state index contributed by atoms with van der Waals surface area (Å²) in [5.74, 6) is 0.588. The van der Waals surface area contributed by atoms with Gasteiger partial charge in [0.2, 0.25) is 5.91 Å². The molecule has 0 bridgehead atoms. The summed E-state index contributed by atoms with van der Waals surface area (Å²) in [6, 6.07) is 0. The van der Waals surface area contributed by atoms with Crippen LogP contribution >= 0.6 is 15.9 Å². The molecular formula is C10H18BrNO2. The van der Waals surface area contributed by atoms with Crippen LogP contribution in [-0.2, 0) is 4.79 Å². The van der Waals surface area contributed by atoms with Gasteiger partial charge in [-0.05, 0) is 5.92 Å².